The van der Waals surface area contributed by atoms with E-state index in [1.54, 1.807) is 0 Å². The first kappa shape index (κ1) is 14.4. The summed E-state index contributed by atoms with van der Waals surface area (Å²) in [6, 6.07) is 9.56. The van der Waals surface area contributed by atoms with Gasteiger partial charge in [0.2, 0.25) is 0 Å². The summed E-state index contributed by atoms with van der Waals surface area (Å²) in [7, 11) is 4.36. The smallest absolute Gasteiger partial charge is 0.0399 e. The van der Waals surface area contributed by atoms with Crippen LogP contribution in [0.3, 0.4) is 0 Å². The van der Waals surface area contributed by atoms with Crippen molar-refractivity contribution in [2.45, 2.75) is 32.4 Å². The van der Waals surface area contributed by atoms with Crippen LogP contribution in [-0.4, -0.2) is 44.2 Å². The Labute approximate surface area is 117 Å². The number of anilines is 1. The van der Waals surface area contributed by atoms with Crippen LogP contribution in [0.25, 0.3) is 0 Å². The summed E-state index contributed by atoms with van der Waals surface area (Å²) in [4.78, 5) is 4.87. The van der Waals surface area contributed by atoms with E-state index in [4.69, 9.17) is 5.73 Å². The van der Waals surface area contributed by atoms with E-state index in [1.165, 1.54) is 11.3 Å². The molecule has 19 heavy (non-hydrogen) atoms. The number of likely N-dealkylation sites (N-methyl/N-ethyl adjacent to an activating group) is 1. The topological polar surface area (TPSA) is 32.5 Å². The highest BCUT2D eigenvalue weighted by atomic mass is 15.2. The van der Waals surface area contributed by atoms with Crippen LogP contribution in [0.1, 0.15) is 19.4 Å². The molecule has 1 aromatic rings. The van der Waals surface area contributed by atoms with Gasteiger partial charge < -0.3 is 15.5 Å². The molecular formula is C16H27N3. The van der Waals surface area contributed by atoms with Crippen LogP contribution >= 0.6 is 0 Å². The predicted octanol–water partition coefficient (Wildman–Crippen LogP) is 1.96. The summed E-state index contributed by atoms with van der Waals surface area (Å²) in [5.41, 5.74) is 8.72. The second kappa shape index (κ2) is 5.93. The van der Waals surface area contributed by atoms with Gasteiger partial charge in [-0.15, -0.1) is 0 Å². The van der Waals surface area contributed by atoms with Gasteiger partial charge in [0.15, 0.2) is 0 Å². The van der Waals surface area contributed by atoms with Crippen LogP contribution in [0.4, 0.5) is 5.69 Å². The van der Waals surface area contributed by atoms with Gasteiger partial charge >= 0.3 is 0 Å². The molecule has 3 unspecified atom stereocenters. The first-order chi connectivity index (χ1) is 8.99. The maximum atomic E-state index is 5.97. The van der Waals surface area contributed by atoms with E-state index >= 15 is 0 Å². The molecule has 0 aromatic heterocycles. The molecule has 0 aliphatic carbocycles. The molecule has 106 valence electrons. The van der Waals surface area contributed by atoms with Crippen LogP contribution < -0.4 is 10.6 Å². The van der Waals surface area contributed by atoms with Crippen molar-refractivity contribution in [3.05, 3.63) is 29.8 Å². The molecule has 3 atom stereocenters. The van der Waals surface area contributed by atoms with Gasteiger partial charge in [-0.1, -0.05) is 25.1 Å². The molecule has 2 N–H and O–H groups in total. The Balaban J connectivity index is 2.19. The van der Waals surface area contributed by atoms with E-state index in [9.17, 15) is 0 Å². The summed E-state index contributed by atoms with van der Waals surface area (Å²) < 4.78 is 0. The van der Waals surface area contributed by atoms with E-state index in [1.807, 2.05) is 0 Å². The predicted molar refractivity (Wildman–Crippen MR) is 82.6 cm³/mol. The minimum absolute atomic E-state index is 0.214. The van der Waals surface area contributed by atoms with Gasteiger partial charge in [0.25, 0.3) is 0 Å². The molecule has 2 rings (SSSR count). The van der Waals surface area contributed by atoms with Crippen LogP contribution in [0.5, 0.6) is 0 Å². The molecule has 3 nitrogen and oxygen atoms in total. The van der Waals surface area contributed by atoms with Crippen molar-refractivity contribution in [2.24, 2.45) is 11.7 Å². The number of hydrogen-bond acceptors (Lipinski definition) is 3. The molecule has 0 bridgehead atoms. The lowest BCUT2D eigenvalue weighted by molar-refractivity contribution is 0.266. The molecule has 1 saturated heterocycles. The first-order valence-corrected chi connectivity index (χ1v) is 7.24. The number of hydrogen-bond donors (Lipinski definition) is 1. The Hall–Kier alpha value is -1.06. The quantitative estimate of drug-likeness (QED) is 0.899. The normalized spacial score (nSPS) is 25.1. The highest BCUT2D eigenvalue weighted by molar-refractivity contribution is 5.55. The molecule has 0 saturated carbocycles. The third kappa shape index (κ3) is 3.28. The largest absolute Gasteiger partial charge is 0.369 e. The van der Waals surface area contributed by atoms with Gasteiger partial charge in [-0.3, -0.25) is 0 Å². The molecule has 1 aliphatic heterocycles. The summed E-state index contributed by atoms with van der Waals surface area (Å²) in [5.74, 6) is 0.707. The third-order valence-corrected chi connectivity index (χ3v) is 4.11. The average Bonchev–Trinajstić information content (AvgIpc) is 2.71. The van der Waals surface area contributed by atoms with Crippen molar-refractivity contribution >= 4 is 5.69 Å². The first-order valence-electron chi connectivity index (χ1n) is 7.24. The van der Waals surface area contributed by atoms with Gasteiger partial charge in [0, 0.05) is 30.9 Å². The van der Waals surface area contributed by atoms with E-state index < -0.39 is 0 Å². The Bertz CT molecular complexity index is 414. The number of rotatable bonds is 4. The molecule has 1 fully saturated rings. The Morgan fingerprint density at radius 3 is 2.58 bits per heavy atom. The highest BCUT2D eigenvalue weighted by Gasteiger charge is 2.31. The van der Waals surface area contributed by atoms with Crippen LogP contribution in [-0.2, 0) is 6.42 Å². The standard InChI is InChI=1S/C16H27N3/c1-12-10-19(11-16(12)18(3)4)15-8-6-5-7-14(15)9-13(2)17/h5-8,12-13,16H,9-11,17H2,1-4H3. The third-order valence-electron chi connectivity index (χ3n) is 4.11. The number of nitrogens with two attached hydrogens (primary N) is 1. The highest BCUT2D eigenvalue weighted by Crippen LogP contribution is 2.29. The Kier molecular flexibility index (Phi) is 4.48. The molecule has 0 radical (unpaired) electrons. The maximum absolute atomic E-state index is 5.97. The SMILES string of the molecule is CC(N)Cc1ccccc1N1CC(C)C(N(C)C)C1. The zero-order valence-electron chi connectivity index (χ0n) is 12.6. The maximum Gasteiger partial charge on any atom is 0.0399 e. The average molecular weight is 261 g/mol. The van der Waals surface area contributed by atoms with Crippen molar-refractivity contribution in [1.82, 2.24) is 4.90 Å². The van der Waals surface area contributed by atoms with E-state index in [0.717, 1.165) is 19.5 Å². The fourth-order valence-electron chi connectivity index (χ4n) is 3.16. The number of nitrogens with zero attached hydrogens (tertiary/aromatic N) is 2. The lowest BCUT2D eigenvalue weighted by Gasteiger charge is -2.24. The van der Waals surface area contributed by atoms with Gasteiger partial charge in [-0.25, -0.2) is 0 Å². The molecular weight excluding hydrogens is 234 g/mol. The van der Waals surface area contributed by atoms with Gasteiger partial charge in [0.05, 0.1) is 0 Å². The van der Waals surface area contributed by atoms with Gasteiger partial charge in [-0.2, -0.15) is 0 Å². The molecule has 1 heterocycles. The summed E-state index contributed by atoms with van der Waals surface area (Å²) in [6.07, 6.45) is 0.952. The number of para-hydroxylation sites is 1. The van der Waals surface area contributed by atoms with Crippen molar-refractivity contribution in [3.8, 4) is 0 Å². The minimum Gasteiger partial charge on any atom is -0.369 e. The van der Waals surface area contributed by atoms with Crippen molar-refractivity contribution in [3.63, 3.8) is 0 Å². The van der Waals surface area contributed by atoms with Crippen LogP contribution in [0.2, 0.25) is 0 Å². The van der Waals surface area contributed by atoms with Crippen molar-refractivity contribution < 1.29 is 0 Å². The van der Waals surface area contributed by atoms with E-state index in [0.29, 0.717) is 12.0 Å². The summed E-state index contributed by atoms with van der Waals surface area (Å²) in [5, 5.41) is 0. The minimum atomic E-state index is 0.214. The summed E-state index contributed by atoms with van der Waals surface area (Å²) >= 11 is 0. The van der Waals surface area contributed by atoms with Gasteiger partial charge in [0.1, 0.15) is 0 Å². The lowest BCUT2D eigenvalue weighted by Crippen LogP contribution is -2.34. The second-order valence-electron chi connectivity index (χ2n) is 6.22. The molecule has 3 heteroatoms. The monoisotopic (exact) mass is 261 g/mol. The zero-order valence-corrected chi connectivity index (χ0v) is 12.6. The van der Waals surface area contributed by atoms with Crippen molar-refractivity contribution in [2.75, 3.05) is 32.1 Å². The van der Waals surface area contributed by atoms with Gasteiger partial charge in [-0.05, 0) is 45.0 Å². The zero-order chi connectivity index (χ0) is 14.0. The number of benzene rings is 1. The fourth-order valence-corrected chi connectivity index (χ4v) is 3.16. The fraction of sp³-hybridized carbons (Fsp3) is 0.625. The Morgan fingerprint density at radius 2 is 2.00 bits per heavy atom. The van der Waals surface area contributed by atoms with Crippen LogP contribution in [0.15, 0.2) is 24.3 Å². The lowest BCUT2D eigenvalue weighted by atomic mass is 10.0. The molecule has 0 amide bonds. The second-order valence-corrected chi connectivity index (χ2v) is 6.22. The Morgan fingerprint density at radius 1 is 1.32 bits per heavy atom. The van der Waals surface area contributed by atoms with Crippen molar-refractivity contribution in [1.29, 1.82) is 0 Å². The van der Waals surface area contributed by atoms with E-state index in [2.05, 4.69) is 62.0 Å². The van der Waals surface area contributed by atoms with Crippen LogP contribution in [0, 0.1) is 5.92 Å². The summed E-state index contributed by atoms with van der Waals surface area (Å²) in [6.45, 7) is 6.67. The molecule has 1 aliphatic rings. The molecule has 1 aromatic carbocycles. The molecule has 0 spiro atoms. The van der Waals surface area contributed by atoms with E-state index in [-0.39, 0.29) is 6.04 Å².